The highest BCUT2D eigenvalue weighted by molar-refractivity contribution is 6.62. The first-order chi connectivity index (χ1) is 14.6. The molecule has 0 N–H and O–H groups in total. The van der Waals surface area contributed by atoms with Crippen LogP contribution in [0.2, 0.25) is 0 Å². The first-order valence-corrected chi connectivity index (χ1v) is 11.0. The molecule has 1 aromatic carbocycles. The molecule has 9 heteroatoms. The van der Waals surface area contributed by atoms with Crippen molar-refractivity contribution in [3.8, 4) is 0 Å². The van der Waals surface area contributed by atoms with Crippen molar-refractivity contribution < 1.29 is 28.0 Å². The molecule has 2 heterocycles. The van der Waals surface area contributed by atoms with Crippen LogP contribution >= 0.6 is 0 Å². The number of benzene rings is 1. The van der Waals surface area contributed by atoms with Crippen LogP contribution in [0.15, 0.2) is 18.2 Å². The maximum absolute atomic E-state index is 14.4. The Hall–Kier alpha value is -2.13. The summed E-state index contributed by atoms with van der Waals surface area (Å²) in [7, 11) is 0.914. The molecular weight excluding hydrogens is 414 g/mol. The number of likely N-dealkylation sites (N-methyl/N-ethyl adjacent to an activating group) is 1. The fourth-order valence-corrected chi connectivity index (χ4v) is 3.76. The van der Waals surface area contributed by atoms with Gasteiger partial charge in [0.1, 0.15) is 11.4 Å². The standard InChI is InChI=1S/C23H34BFN2O5/c1-21(2,3)30-20(29)26(8)18-9-10-27(14-18)19(28)15-11-16(13-17(25)12-15)24-31-22(4,5)23(6,7)32-24/h11-13,18H,9-10,14H2,1-8H3/t18-/m1/s1. The van der Waals surface area contributed by atoms with Crippen LogP contribution in [0.1, 0.15) is 65.2 Å². The van der Waals surface area contributed by atoms with Crippen molar-refractivity contribution in [1.29, 1.82) is 0 Å². The van der Waals surface area contributed by atoms with E-state index in [1.807, 2.05) is 48.5 Å². The topological polar surface area (TPSA) is 68.3 Å². The first kappa shape index (κ1) is 24.5. The fraction of sp³-hybridized carbons (Fsp3) is 0.652. The van der Waals surface area contributed by atoms with Crippen LogP contribution in [-0.4, -0.2) is 71.9 Å². The number of rotatable bonds is 3. The molecule has 0 unspecified atom stereocenters. The molecule has 0 aromatic heterocycles. The molecule has 7 nitrogen and oxygen atoms in total. The molecule has 2 amide bonds. The second kappa shape index (κ2) is 8.34. The summed E-state index contributed by atoms with van der Waals surface area (Å²) in [6, 6.07) is 4.02. The van der Waals surface area contributed by atoms with Crippen LogP contribution < -0.4 is 5.46 Å². The summed E-state index contributed by atoms with van der Waals surface area (Å²) >= 11 is 0. The van der Waals surface area contributed by atoms with Gasteiger partial charge in [-0.2, -0.15) is 0 Å². The van der Waals surface area contributed by atoms with Crippen molar-refractivity contribution in [2.24, 2.45) is 0 Å². The summed E-state index contributed by atoms with van der Waals surface area (Å²) in [6.07, 6.45) is 0.201. The third kappa shape index (κ3) is 5.09. The van der Waals surface area contributed by atoms with Gasteiger partial charge in [0, 0.05) is 25.7 Å². The van der Waals surface area contributed by atoms with Gasteiger partial charge in [0.2, 0.25) is 0 Å². The zero-order valence-corrected chi connectivity index (χ0v) is 20.3. The molecule has 0 bridgehead atoms. The minimum absolute atomic E-state index is 0.162. The molecule has 2 aliphatic rings. The number of nitrogens with zero attached hydrogens (tertiary/aromatic N) is 2. The van der Waals surface area contributed by atoms with E-state index in [9.17, 15) is 14.0 Å². The van der Waals surface area contributed by atoms with E-state index in [0.29, 0.717) is 25.0 Å². The molecule has 0 saturated carbocycles. The van der Waals surface area contributed by atoms with E-state index in [-0.39, 0.29) is 17.5 Å². The lowest BCUT2D eigenvalue weighted by Gasteiger charge is -2.32. The lowest BCUT2D eigenvalue weighted by atomic mass is 9.78. The summed E-state index contributed by atoms with van der Waals surface area (Å²) in [5, 5.41) is 0. The van der Waals surface area contributed by atoms with Crippen LogP contribution in [0.4, 0.5) is 9.18 Å². The Balaban J connectivity index is 1.72. The number of carbonyl (C=O) groups is 2. The number of carbonyl (C=O) groups excluding carboxylic acids is 2. The highest BCUT2D eigenvalue weighted by Crippen LogP contribution is 2.36. The van der Waals surface area contributed by atoms with Gasteiger partial charge in [0.05, 0.1) is 17.2 Å². The largest absolute Gasteiger partial charge is 0.494 e. The maximum Gasteiger partial charge on any atom is 0.494 e. The van der Waals surface area contributed by atoms with Gasteiger partial charge < -0.3 is 23.8 Å². The average molecular weight is 448 g/mol. The number of ether oxygens (including phenoxy) is 1. The number of hydrogen-bond donors (Lipinski definition) is 0. The van der Waals surface area contributed by atoms with E-state index >= 15 is 0 Å². The van der Waals surface area contributed by atoms with Crippen LogP contribution in [-0.2, 0) is 14.0 Å². The highest BCUT2D eigenvalue weighted by Gasteiger charge is 2.52. The summed E-state index contributed by atoms with van der Waals surface area (Å²) in [5.41, 5.74) is -1.03. The molecule has 2 saturated heterocycles. The molecule has 1 atom stereocenters. The lowest BCUT2D eigenvalue weighted by molar-refractivity contribution is 0.00578. The van der Waals surface area contributed by atoms with Crippen LogP contribution in [0.25, 0.3) is 0 Å². The van der Waals surface area contributed by atoms with Gasteiger partial charge in [0.25, 0.3) is 5.91 Å². The third-order valence-electron chi connectivity index (χ3n) is 6.37. The maximum atomic E-state index is 14.4. The second-order valence-electron chi connectivity index (χ2n) is 10.6. The first-order valence-electron chi connectivity index (χ1n) is 11.0. The van der Waals surface area contributed by atoms with E-state index < -0.39 is 35.8 Å². The minimum atomic E-state index is -0.758. The van der Waals surface area contributed by atoms with E-state index in [2.05, 4.69) is 0 Å². The van der Waals surface area contributed by atoms with E-state index in [4.69, 9.17) is 14.0 Å². The molecule has 0 radical (unpaired) electrons. The van der Waals surface area contributed by atoms with Crippen molar-refractivity contribution in [2.45, 2.75) is 77.7 Å². The molecule has 32 heavy (non-hydrogen) atoms. The van der Waals surface area contributed by atoms with Crippen LogP contribution in [0.5, 0.6) is 0 Å². The van der Waals surface area contributed by atoms with E-state index in [0.717, 1.165) is 0 Å². The molecule has 176 valence electrons. The molecule has 3 rings (SSSR count). The Morgan fingerprint density at radius 3 is 2.31 bits per heavy atom. The number of likely N-dealkylation sites (tertiary alicyclic amines) is 1. The third-order valence-corrected chi connectivity index (χ3v) is 6.37. The Morgan fingerprint density at radius 2 is 1.75 bits per heavy atom. The number of halogens is 1. The lowest BCUT2D eigenvalue weighted by Crippen LogP contribution is -2.42. The quantitative estimate of drug-likeness (QED) is 0.665. The van der Waals surface area contributed by atoms with Crippen molar-refractivity contribution >= 4 is 24.6 Å². The molecule has 0 aliphatic carbocycles. The molecule has 0 spiro atoms. The zero-order chi connectivity index (χ0) is 24.1. The average Bonchev–Trinajstić information content (AvgIpc) is 3.21. The van der Waals surface area contributed by atoms with Crippen molar-refractivity contribution in [3.63, 3.8) is 0 Å². The Labute approximate surface area is 190 Å². The molecular formula is C23H34BFN2O5. The van der Waals surface area contributed by atoms with Gasteiger partial charge in [-0.1, -0.05) is 0 Å². The Morgan fingerprint density at radius 1 is 1.16 bits per heavy atom. The number of amides is 2. The summed E-state index contributed by atoms with van der Waals surface area (Å²) in [6.45, 7) is 13.9. The normalized spacial score (nSPS) is 22.2. The Kier molecular flexibility index (Phi) is 6.39. The summed E-state index contributed by atoms with van der Waals surface area (Å²) in [4.78, 5) is 28.6. The van der Waals surface area contributed by atoms with Gasteiger partial charge in [-0.25, -0.2) is 9.18 Å². The monoisotopic (exact) mass is 448 g/mol. The van der Waals surface area contributed by atoms with Crippen molar-refractivity contribution in [1.82, 2.24) is 9.80 Å². The second-order valence-corrected chi connectivity index (χ2v) is 10.6. The van der Waals surface area contributed by atoms with Crippen molar-refractivity contribution in [3.05, 3.63) is 29.6 Å². The molecule has 2 fully saturated rings. The summed E-state index contributed by atoms with van der Waals surface area (Å²) < 4.78 is 31.9. The SMILES string of the molecule is CN(C(=O)OC(C)(C)C)[C@@H]1CCN(C(=O)c2cc(F)cc(B3OC(C)(C)C(C)(C)O3)c2)C1. The molecule has 2 aliphatic heterocycles. The van der Waals surface area contributed by atoms with Gasteiger partial charge in [-0.15, -0.1) is 0 Å². The predicted molar refractivity (Wildman–Crippen MR) is 120 cm³/mol. The van der Waals surface area contributed by atoms with Crippen LogP contribution in [0, 0.1) is 5.82 Å². The summed E-state index contributed by atoms with van der Waals surface area (Å²) in [5.74, 6) is -0.815. The van der Waals surface area contributed by atoms with Gasteiger partial charge >= 0.3 is 13.2 Å². The highest BCUT2D eigenvalue weighted by atomic mass is 19.1. The van der Waals surface area contributed by atoms with E-state index in [1.165, 1.54) is 17.0 Å². The zero-order valence-electron chi connectivity index (χ0n) is 20.3. The van der Waals surface area contributed by atoms with Gasteiger partial charge in [-0.3, -0.25) is 4.79 Å². The smallest absolute Gasteiger partial charge is 0.444 e. The van der Waals surface area contributed by atoms with Gasteiger partial charge in [-0.05, 0) is 78.5 Å². The van der Waals surface area contributed by atoms with Crippen LogP contribution in [0.3, 0.4) is 0 Å². The van der Waals surface area contributed by atoms with Crippen molar-refractivity contribution in [2.75, 3.05) is 20.1 Å². The van der Waals surface area contributed by atoms with E-state index in [1.54, 1.807) is 18.0 Å². The predicted octanol–water partition coefficient (Wildman–Crippen LogP) is 3.21. The minimum Gasteiger partial charge on any atom is -0.444 e. The Bertz CT molecular complexity index is 883. The fourth-order valence-electron chi connectivity index (χ4n) is 3.76. The van der Waals surface area contributed by atoms with Gasteiger partial charge in [0.15, 0.2) is 0 Å². The molecule has 1 aromatic rings. The number of hydrogen-bond acceptors (Lipinski definition) is 5.